The van der Waals surface area contributed by atoms with Gasteiger partial charge in [0, 0.05) is 12.6 Å². The maximum absolute atomic E-state index is 12.2. The summed E-state index contributed by atoms with van der Waals surface area (Å²) in [5.41, 5.74) is 0.318. The molecule has 1 aromatic carbocycles. The van der Waals surface area contributed by atoms with E-state index in [1.807, 2.05) is 0 Å². The van der Waals surface area contributed by atoms with Crippen LogP contribution in [0.2, 0.25) is 0 Å². The Morgan fingerprint density at radius 1 is 1.36 bits per heavy atom. The molecule has 8 nitrogen and oxygen atoms in total. The summed E-state index contributed by atoms with van der Waals surface area (Å²) in [6.45, 7) is -0.241. The zero-order valence-corrected chi connectivity index (χ0v) is 15.0. The van der Waals surface area contributed by atoms with Crippen LogP contribution in [0.3, 0.4) is 0 Å². The standard InChI is InChI=1S/C14H12N2O6S3/c17-13-12(24-14(23)15(13)8-9-25(20,21)22)7-3-5-10-4-1-2-6-11(10)16(18)19/h1-7H,8-9H2,(H,20,21,22). The molecule has 2 rings (SSSR count). The first-order valence-electron chi connectivity index (χ1n) is 6.79. The first kappa shape index (κ1) is 19.2. The molecule has 0 spiro atoms. The van der Waals surface area contributed by atoms with Crippen molar-refractivity contribution in [3.63, 3.8) is 0 Å². The van der Waals surface area contributed by atoms with Crippen molar-refractivity contribution < 1.29 is 22.7 Å². The third kappa shape index (κ3) is 5.19. The van der Waals surface area contributed by atoms with Crippen molar-refractivity contribution in [2.45, 2.75) is 0 Å². The van der Waals surface area contributed by atoms with E-state index in [0.29, 0.717) is 5.56 Å². The molecule has 0 aromatic heterocycles. The number of benzene rings is 1. The summed E-state index contributed by atoms with van der Waals surface area (Å²) >= 11 is 6.00. The van der Waals surface area contributed by atoms with Crippen molar-refractivity contribution in [3.8, 4) is 0 Å². The van der Waals surface area contributed by atoms with Gasteiger partial charge < -0.3 is 0 Å². The van der Waals surface area contributed by atoms with Crippen LogP contribution in [0.25, 0.3) is 6.08 Å². The molecular weight excluding hydrogens is 388 g/mol. The Morgan fingerprint density at radius 2 is 2.04 bits per heavy atom. The van der Waals surface area contributed by atoms with Crippen molar-refractivity contribution in [2.75, 3.05) is 12.3 Å². The van der Waals surface area contributed by atoms with E-state index in [1.54, 1.807) is 18.2 Å². The van der Waals surface area contributed by atoms with Gasteiger partial charge in [-0.1, -0.05) is 42.2 Å². The minimum Gasteiger partial charge on any atom is -0.292 e. The molecule has 1 aliphatic rings. The van der Waals surface area contributed by atoms with Gasteiger partial charge in [-0.2, -0.15) is 8.42 Å². The molecule has 11 heteroatoms. The predicted octanol–water partition coefficient (Wildman–Crippen LogP) is 2.24. The third-order valence-corrected chi connectivity index (χ3v) is 5.20. The number of amides is 1. The second-order valence-corrected chi connectivity index (χ2v) is 8.06. The van der Waals surface area contributed by atoms with Crippen LogP contribution in [-0.4, -0.2) is 45.3 Å². The molecule has 0 saturated carbocycles. The number of para-hydroxylation sites is 1. The quantitative estimate of drug-likeness (QED) is 0.254. The highest BCUT2D eigenvalue weighted by atomic mass is 32.2. The topological polar surface area (TPSA) is 118 Å². The fourth-order valence-corrected chi connectivity index (χ4v) is 3.62. The number of nitrogens with zero attached hydrogens (tertiary/aromatic N) is 2. The van der Waals surface area contributed by atoms with Crippen molar-refractivity contribution in [3.05, 3.63) is 57.0 Å². The molecular formula is C14H12N2O6S3. The zero-order valence-electron chi connectivity index (χ0n) is 12.6. The van der Waals surface area contributed by atoms with Crippen molar-refractivity contribution in [1.82, 2.24) is 4.90 Å². The average molecular weight is 400 g/mol. The molecule has 0 aliphatic carbocycles. The van der Waals surface area contributed by atoms with Gasteiger partial charge in [-0.3, -0.25) is 24.4 Å². The Balaban J connectivity index is 2.13. The van der Waals surface area contributed by atoms with Gasteiger partial charge in [0.1, 0.15) is 4.32 Å². The SMILES string of the molecule is O=C1C(=CC=Cc2ccccc2[N+](=O)[O-])SC(=S)N1CCS(=O)(=O)O. The Hall–Kier alpha value is -2.08. The van der Waals surface area contributed by atoms with Crippen LogP contribution < -0.4 is 0 Å². The van der Waals surface area contributed by atoms with Crippen LogP contribution in [0.4, 0.5) is 5.69 Å². The number of nitro groups is 1. The molecule has 1 heterocycles. The lowest BCUT2D eigenvalue weighted by atomic mass is 10.1. The molecule has 1 aliphatic heterocycles. The zero-order chi connectivity index (χ0) is 18.6. The first-order valence-corrected chi connectivity index (χ1v) is 9.63. The molecule has 1 fully saturated rings. The molecule has 0 atom stereocenters. The molecule has 0 unspecified atom stereocenters. The average Bonchev–Trinajstić information content (AvgIpc) is 2.79. The van der Waals surface area contributed by atoms with E-state index in [4.69, 9.17) is 16.8 Å². The minimum absolute atomic E-state index is 0.0622. The van der Waals surface area contributed by atoms with Gasteiger partial charge >= 0.3 is 0 Å². The molecule has 1 aromatic rings. The van der Waals surface area contributed by atoms with Crippen molar-refractivity contribution in [2.24, 2.45) is 0 Å². The summed E-state index contributed by atoms with van der Waals surface area (Å²) in [6.07, 6.45) is 4.42. The van der Waals surface area contributed by atoms with Crippen LogP contribution in [0, 0.1) is 10.1 Å². The number of hydrogen-bond donors (Lipinski definition) is 1. The van der Waals surface area contributed by atoms with E-state index >= 15 is 0 Å². The van der Waals surface area contributed by atoms with E-state index < -0.39 is 26.7 Å². The second kappa shape index (κ2) is 7.87. The van der Waals surface area contributed by atoms with Crippen LogP contribution in [0.1, 0.15) is 5.56 Å². The Kier molecular flexibility index (Phi) is 6.06. The molecule has 25 heavy (non-hydrogen) atoms. The van der Waals surface area contributed by atoms with E-state index in [1.165, 1.54) is 24.3 Å². The highest BCUT2D eigenvalue weighted by molar-refractivity contribution is 8.26. The summed E-state index contributed by atoms with van der Waals surface area (Å²) in [7, 11) is -4.20. The van der Waals surface area contributed by atoms with Crippen molar-refractivity contribution in [1.29, 1.82) is 0 Å². The number of nitro benzene ring substituents is 1. The maximum atomic E-state index is 12.2. The molecule has 0 bridgehead atoms. The lowest BCUT2D eigenvalue weighted by Crippen LogP contribution is -2.32. The molecule has 1 saturated heterocycles. The lowest BCUT2D eigenvalue weighted by Gasteiger charge is -2.12. The molecule has 1 N–H and O–H groups in total. The normalized spacial score (nSPS) is 17.0. The van der Waals surface area contributed by atoms with Gasteiger partial charge in [0.15, 0.2) is 0 Å². The molecule has 132 valence electrons. The van der Waals surface area contributed by atoms with Gasteiger partial charge in [-0.25, -0.2) is 0 Å². The van der Waals surface area contributed by atoms with Gasteiger partial charge in [0.25, 0.3) is 21.7 Å². The monoisotopic (exact) mass is 400 g/mol. The van der Waals surface area contributed by atoms with Gasteiger partial charge in [0.2, 0.25) is 0 Å². The highest BCUT2D eigenvalue weighted by Crippen LogP contribution is 2.31. The third-order valence-electron chi connectivity index (χ3n) is 3.10. The van der Waals surface area contributed by atoms with Gasteiger partial charge in [0.05, 0.1) is 21.1 Å². The Labute approximate surface area is 153 Å². The maximum Gasteiger partial charge on any atom is 0.276 e. The van der Waals surface area contributed by atoms with Gasteiger partial charge in [-0.05, 0) is 18.2 Å². The first-order chi connectivity index (χ1) is 11.7. The highest BCUT2D eigenvalue weighted by Gasteiger charge is 2.32. The van der Waals surface area contributed by atoms with E-state index in [9.17, 15) is 23.3 Å². The molecule has 1 amide bonds. The number of thioether (sulfide) groups is 1. The fraction of sp³-hybridized carbons (Fsp3) is 0.143. The lowest BCUT2D eigenvalue weighted by molar-refractivity contribution is -0.385. The number of allylic oxidation sites excluding steroid dienone is 2. The number of carbonyl (C=O) groups is 1. The summed E-state index contributed by atoms with van der Waals surface area (Å²) < 4.78 is 30.5. The van der Waals surface area contributed by atoms with Crippen LogP contribution in [0.5, 0.6) is 0 Å². The van der Waals surface area contributed by atoms with Crippen LogP contribution in [-0.2, 0) is 14.9 Å². The number of thiocarbonyl (C=S) groups is 1. The predicted molar refractivity (Wildman–Crippen MR) is 98.5 cm³/mol. The second-order valence-electron chi connectivity index (χ2n) is 4.82. The Morgan fingerprint density at radius 3 is 2.68 bits per heavy atom. The van der Waals surface area contributed by atoms with E-state index in [-0.39, 0.29) is 21.5 Å². The summed E-state index contributed by atoms with van der Waals surface area (Å²) in [4.78, 5) is 24.0. The summed E-state index contributed by atoms with van der Waals surface area (Å²) in [6, 6.07) is 6.14. The number of carbonyl (C=O) groups excluding carboxylic acids is 1. The largest absolute Gasteiger partial charge is 0.292 e. The summed E-state index contributed by atoms with van der Waals surface area (Å²) in [5.74, 6) is -1.09. The van der Waals surface area contributed by atoms with Crippen LogP contribution in [0.15, 0.2) is 41.3 Å². The van der Waals surface area contributed by atoms with E-state index in [0.717, 1.165) is 16.7 Å². The van der Waals surface area contributed by atoms with Crippen LogP contribution >= 0.6 is 24.0 Å². The summed E-state index contributed by atoms with van der Waals surface area (Å²) in [5, 5.41) is 10.9. The molecule has 0 radical (unpaired) electrons. The fourth-order valence-electron chi connectivity index (χ4n) is 1.95. The van der Waals surface area contributed by atoms with Gasteiger partial charge in [-0.15, -0.1) is 0 Å². The minimum atomic E-state index is -4.20. The smallest absolute Gasteiger partial charge is 0.276 e. The van der Waals surface area contributed by atoms with E-state index in [2.05, 4.69) is 0 Å². The number of rotatable bonds is 6. The Bertz CT molecular complexity index is 892. The number of hydrogen-bond acceptors (Lipinski definition) is 7. The van der Waals surface area contributed by atoms with Crippen molar-refractivity contribution >= 4 is 56.1 Å².